The van der Waals surface area contributed by atoms with Gasteiger partial charge in [0, 0.05) is 18.7 Å². The minimum Gasteiger partial charge on any atom is -0.369 e. The van der Waals surface area contributed by atoms with E-state index in [0.29, 0.717) is 18.0 Å². The van der Waals surface area contributed by atoms with Crippen LogP contribution in [0.5, 0.6) is 0 Å². The minimum atomic E-state index is -0.651. The van der Waals surface area contributed by atoms with Crippen LogP contribution in [0.3, 0.4) is 0 Å². The summed E-state index contributed by atoms with van der Waals surface area (Å²) in [5.74, 6) is -0.438. The number of anilines is 1. The number of benzene rings is 1. The van der Waals surface area contributed by atoms with Gasteiger partial charge in [0.1, 0.15) is 11.3 Å². The standard InChI is InChI=1S/C13H15F2N3/c14-9-5-10(15)12-11(6-9)18(13(16)17-12)7-8-3-1-2-4-8/h5-6,8H,1-4,7H2,(H2,16,17). The molecular weight excluding hydrogens is 236 g/mol. The molecule has 0 atom stereocenters. The Morgan fingerprint density at radius 3 is 2.72 bits per heavy atom. The number of nitrogen functional groups attached to an aromatic ring is 1. The lowest BCUT2D eigenvalue weighted by Crippen LogP contribution is -2.10. The lowest BCUT2D eigenvalue weighted by atomic mass is 10.1. The number of hydrogen-bond acceptors (Lipinski definition) is 2. The van der Waals surface area contributed by atoms with Crippen molar-refractivity contribution in [2.45, 2.75) is 32.2 Å². The zero-order chi connectivity index (χ0) is 12.7. The SMILES string of the molecule is Nc1nc2c(F)cc(F)cc2n1CC1CCCC1. The second kappa shape index (κ2) is 4.23. The molecule has 5 heteroatoms. The Balaban J connectivity index is 2.06. The van der Waals surface area contributed by atoms with E-state index in [1.807, 2.05) is 0 Å². The fraction of sp³-hybridized carbons (Fsp3) is 0.462. The summed E-state index contributed by atoms with van der Waals surface area (Å²) in [6.45, 7) is 0.700. The van der Waals surface area contributed by atoms with Crippen molar-refractivity contribution < 1.29 is 8.78 Å². The van der Waals surface area contributed by atoms with E-state index in [1.54, 1.807) is 4.57 Å². The highest BCUT2D eigenvalue weighted by atomic mass is 19.1. The smallest absolute Gasteiger partial charge is 0.201 e. The van der Waals surface area contributed by atoms with Gasteiger partial charge in [0.15, 0.2) is 5.82 Å². The molecular formula is C13H15F2N3. The Morgan fingerprint density at radius 2 is 2.00 bits per heavy atom. The van der Waals surface area contributed by atoms with Crippen molar-refractivity contribution in [1.29, 1.82) is 0 Å². The molecule has 96 valence electrons. The van der Waals surface area contributed by atoms with Gasteiger partial charge in [-0.2, -0.15) is 0 Å². The fourth-order valence-electron chi connectivity index (χ4n) is 2.81. The molecule has 0 spiro atoms. The number of imidazole rings is 1. The van der Waals surface area contributed by atoms with Crippen molar-refractivity contribution in [3.63, 3.8) is 0 Å². The number of rotatable bonds is 2. The molecule has 1 heterocycles. The Bertz CT molecular complexity index is 585. The van der Waals surface area contributed by atoms with Crippen LogP contribution in [-0.2, 0) is 6.54 Å². The molecule has 1 aliphatic carbocycles. The zero-order valence-electron chi connectivity index (χ0n) is 10.00. The van der Waals surface area contributed by atoms with Crippen molar-refractivity contribution in [2.75, 3.05) is 5.73 Å². The van der Waals surface area contributed by atoms with Crippen LogP contribution in [0.2, 0.25) is 0 Å². The molecule has 0 saturated heterocycles. The Morgan fingerprint density at radius 1 is 1.28 bits per heavy atom. The number of nitrogens with zero attached hydrogens (tertiary/aromatic N) is 2. The van der Waals surface area contributed by atoms with E-state index in [9.17, 15) is 8.78 Å². The summed E-state index contributed by atoms with van der Waals surface area (Å²) in [5, 5.41) is 0. The van der Waals surface area contributed by atoms with Gasteiger partial charge >= 0.3 is 0 Å². The van der Waals surface area contributed by atoms with E-state index in [2.05, 4.69) is 4.98 Å². The highest BCUT2D eigenvalue weighted by Crippen LogP contribution is 2.29. The van der Waals surface area contributed by atoms with E-state index in [4.69, 9.17) is 5.73 Å². The molecule has 0 unspecified atom stereocenters. The molecule has 1 aliphatic rings. The first kappa shape index (κ1) is 11.4. The summed E-state index contributed by atoms with van der Waals surface area (Å²) in [7, 11) is 0. The first-order valence-corrected chi connectivity index (χ1v) is 6.26. The normalized spacial score (nSPS) is 16.8. The second-order valence-electron chi connectivity index (χ2n) is 4.99. The number of aromatic nitrogens is 2. The number of hydrogen-bond donors (Lipinski definition) is 1. The molecule has 1 saturated carbocycles. The van der Waals surface area contributed by atoms with Gasteiger partial charge in [-0.3, -0.25) is 0 Å². The second-order valence-corrected chi connectivity index (χ2v) is 4.99. The molecule has 1 aromatic heterocycles. The van der Waals surface area contributed by atoms with Gasteiger partial charge in [0.25, 0.3) is 0 Å². The third kappa shape index (κ3) is 1.83. The van der Waals surface area contributed by atoms with E-state index >= 15 is 0 Å². The van der Waals surface area contributed by atoms with Crippen LogP contribution in [-0.4, -0.2) is 9.55 Å². The molecule has 0 aliphatic heterocycles. The van der Waals surface area contributed by atoms with Gasteiger partial charge in [-0.15, -0.1) is 0 Å². The Hall–Kier alpha value is -1.65. The van der Waals surface area contributed by atoms with Gasteiger partial charge in [0.05, 0.1) is 5.52 Å². The van der Waals surface area contributed by atoms with Crippen molar-refractivity contribution in [3.8, 4) is 0 Å². The molecule has 18 heavy (non-hydrogen) atoms. The molecule has 3 nitrogen and oxygen atoms in total. The number of halogens is 2. The molecule has 0 radical (unpaired) electrons. The first-order valence-electron chi connectivity index (χ1n) is 6.26. The van der Waals surface area contributed by atoms with Crippen LogP contribution in [0, 0.1) is 17.6 Å². The van der Waals surface area contributed by atoms with Crippen LogP contribution in [0.15, 0.2) is 12.1 Å². The van der Waals surface area contributed by atoms with Crippen molar-refractivity contribution >= 4 is 17.0 Å². The van der Waals surface area contributed by atoms with Crippen LogP contribution < -0.4 is 5.73 Å². The summed E-state index contributed by atoms with van der Waals surface area (Å²) < 4.78 is 28.6. The lowest BCUT2D eigenvalue weighted by Gasteiger charge is -2.12. The molecule has 1 aromatic carbocycles. The maximum absolute atomic E-state index is 13.6. The van der Waals surface area contributed by atoms with Crippen LogP contribution >= 0.6 is 0 Å². The molecule has 0 bridgehead atoms. The highest BCUT2D eigenvalue weighted by Gasteiger charge is 2.20. The van der Waals surface area contributed by atoms with Crippen molar-refractivity contribution in [1.82, 2.24) is 9.55 Å². The number of nitrogens with two attached hydrogens (primary N) is 1. The maximum atomic E-state index is 13.6. The predicted octanol–water partition coefficient (Wildman–Crippen LogP) is 3.09. The zero-order valence-corrected chi connectivity index (χ0v) is 10.00. The largest absolute Gasteiger partial charge is 0.369 e. The van der Waals surface area contributed by atoms with Gasteiger partial charge in [-0.25, -0.2) is 13.8 Å². The Kier molecular flexibility index (Phi) is 2.69. The number of fused-ring (bicyclic) bond motifs is 1. The molecule has 2 aromatic rings. The van der Waals surface area contributed by atoms with E-state index in [0.717, 1.165) is 18.9 Å². The third-order valence-electron chi connectivity index (χ3n) is 3.72. The molecule has 0 amide bonds. The molecule has 2 N–H and O–H groups in total. The van der Waals surface area contributed by atoms with Crippen LogP contribution in [0.4, 0.5) is 14.7 Å². The topological polar surface area (TPSA) is 43.8 Å². The van der Waals surface area contributed by atoms with Crippen LogP contribution in [0.25, 0.3) is 11.0 Å². The highest BCUT2D eigenvalue weighted by molar-refractivity contribution is 5.79. The lowest BCUT2D eigenvalue weighted by molar-refractivity contribution is 0.467. The average molecular weight is 251 g/mol. The monoisotopic (exact) mass is 251 g/mol. The van der Waals surface area contributed by atoms with Gasteiger partial charge < -0.3 is 10.3 Å². The minimum absolute atomic E-state index is 0.159. The van der Waals surface area contributed by atoms with Gasteiger partial charge in [-0.1, -0.05) is 12.8 Å². The summed E-state index contributed by atoms with van der Waals surface area (Å²) in [4.78, 5) is 3.99. The van der Waals surface area contributed by atoms with Crippen molar-refractivity contribution in [3.05, 3.63) is 23.8 Å². The quantitative estimate of drug-likeness (QED) is 0.891. The summed E-state index contributed by atoms with van der Waals surface area (Å²) in [6.07, 6.45) is 4.74. The van der Waals surface area contributed by atoms with E-state index in [1.165, 1.54) is 18.9 Å². The summed E-state index contributed by atoms with van der Waals surface area (Å²) in [5.41, 5.74) is 6.43. The predicted molar refractivity (Wildman–Crippen MR) is 66.0 cm³/mol. The molecule has 1 fully saturated rings. The van der Waals surface area contributed by atoms with Gasteiger partial charge in [-0.05, 0) is 18.8 Å². The summed E-state index contributed by atoms with van der Waals surface area (Å²) in [6, 6.07) is 2.14. The van der Waals surface area contributed by atoms with Crippen LogP contribution in [0.1, 0.15) is 25.7 Å². The van der Waals surface area contributed by atoms with E-state index in [-0.39, 0.29) is 11.5 Å². The molecule has 3 rings (SSSR count). The average Bonchev–Trinajstić information content (AvgIpc) is 2.91. The maximum Gasteiger partial charge on any atom is 0.201 e. The third-order valence-corrected chi connectivity index (χ3v) is 3.72. The Labute approximate surface area is 104 Å². The summed E-state index contributed by atoms with van der Waals surface area (Å²) >= 11 is 0. The van der Waals surface area contributed by atoms with Crippen molar-refractivity contribution in [2.24, 2.45) is 5.92 Å². The first-order chi connectivity index (χ1) is 8.65. The fourth-order valence-corrected chi connectivity index (χ4v) is 2.81. The van der Waals surface area contributed by atoms with E-state index < -0.39 is 11.6 Å². The van der Waals surface area contributed by atoms with Gasteiger partial charge in [0.2, 0.25) is 5.95 Å².